The molecule has 2 unspecified atom stereocenters. The largest absolute Gasteiger partial charge is 0.321 e. The van der Waals surface area contributed by atoms with Gasteiger partial charge in [0, 0.05) is 10.2 Å². The summed E-state index contributed by atoms with van der Waals surface area (Å²) in [5.41, 5.74) is 4.14. The van der Waals surface area contributed by atoms with Crippen molar-refractivity contribution in [3.8, 4) is 0 Å². The monoisotopic (exact) mass is 576 g/mol. The van der Waals surface area contributed by atoms with E-state index in [4.69, 9.17) is 4.99 Å². The predicted octanol–water partition coefficient (Wildman–Crippen LogP) is 6.05. The molecule has 1 N–H and O–H groups in total. The summed E-state index contributed by atoms with van der Waals surface area (Å²) >= 11 is 3.70. The maximum absolute atomic E-state index is 13.3. The second-order valence-corrected chi connectivity index (χ2v) is 13.5. The van der Waals surface area contributed by atoms with Crippen molar-refractivity contribution in [2.24, 2.45) is 16.8 Å². The number of aliphatic imine (C=N–C) groups is 1. The van der Waals surface area contributed by atoms with Gasteiger partial charge in [-0.05, 0) is 107 Å². The van der Waals surface area contributed by atoms with Crippen molar-refractivity contribution in [2.45, 2.75) is 81.6 Å². The number of benzene rings is 1. The highest BCUT2D eigenvalue weighted by Gasteiger charge is 2.55. The Kier molecular flexibility index (Phi) is 6.86. The Morgan fingerprint density at radius 2 is 1.84 bits per heavy atom. The molecule has 5 nitrogen and oxygen atoms in total. The molecular formula is C32H41BrN4O. The second-order valence-electron chi connectivity index (χ2n) is 12.6. The van der Waals surface area contributed by atoms with E-state index in [9.17, 15) is 4.79 Å². The minimum absolute atomic E-state index is 0.0153. The maximum atomic E-state index is 13.3. The van der Waals surface area contributed by atoms with Crippen LogP contribution in [0.15, 0.2) is 45.9 Å². The van der Waals surface area contributed by atoms with E-state index in [1.807, 2.05) is 6.08 Å². The molecule has 4 aliphatic heterocycles. The van der Waals surface area contributed by atoms with Crippen molar-refractivity contribution < 1.29 is 4.79 Å². The number of rotatable bonds is 4. The first kappa shape index (κ1) is 25.2. The summed E-state index contributed by atoms with van der Waals surface area (Å²) < 4.78 is 0.956. The second kappa shape index (κ2) is 10.3. The lowest BCUT2D eigenvalue weighted by Crippen LogP contribution is -2.54. The fourth-order valence-corrected chi connectivity index (χ4v) is 8.94. The van der Waals surface area contributed by atoms with Crippen LogP contribution in [0.4, 0.5) is 5.69 Å². The number of hydrogen-bond acceptors (Lipinski definition) is 4. The molecule has 38 heavy (non-hydrogen) atoms. The van der Waals surface area contributed by atoms with Gasteiger partial charge in [0.2, 0.25) is 0 Å². The van der Waals surface area contributed by atoms with E-state index in [1.165, 1.54) is 101 Å². The quantitative estimate of drug-likeness (QED) is 0.474. The Morgan fingerprint density at radius 1 is 1.05 bits per heavy atom. The fourth-order valence-electron chi connectivity index (χ4n) is 8.32. The third-order valence-electron chi connectivity index (χ3n) is 10.5. The van der Waals surface area contributed by atoms with E-state index in [0.29, 0.717) is 5.92 Å². The van der Waals surface area contributed by atoms with Crippen LogP contribution in [-0.2, 0) is 10.2 Å². The summed E-state index contributed by atoms with van der Waals surface area (Å²) in [6.07, 6.45) is 18.8. The molecule has 6 aliphatic rings. The molecule has 7 rings (SSSR count). The molecule has 6 heteroatoms. The summed E-state index contributed by atoms with van der Waals surface area (Å²) in [7, 11) is 0. The Bertz CT molecular complexity index is 1170. The van der Waals surface area contributed by atoms with Gasteiger partial charge in [0.15, 0.2) is 0 Å². The number of allylic oxidation sites excluding steroid dienone is 2. The van der Waals surface area contributed by atoms with E-state index in [-0.39, 0.29) is 23.3 Å². The highest BCUT2D eigenvalue weighted by molar-refractivity contribution is 9.11. The molecule has 0 aromatic heterocycles. The Morgan fingerprint density at radius 3 is 2.63 bits per heavy atom. The first-order valence-electron chi connectivity index (χ1n) is 15.2. The van der Waals surface area contributed by atoms with Gasteiger partial charge in [-0.1, -0.05) is 65.6 Å². The van der Waals surface area contributed by atoms with Crippen molar-refractivity contribution in [1.29, 1.82) is 0 Å². The number of piperidine rings is 2. The van der Waals surface area contributed by atoms with Crippen LogP contribution in [0.2, 0.25) is 0 Å². The Balaban J connectivity index is 1.14. The van der Waals surface area contributed by atoms with Crippen LogP contribution >= 0.6 is 15.9 Å². The molecule has 1 amide bonds. The number of amides is 1. The smallest absolute Gasteiger partial charge is 0.257 e. The molecule has 1 aromatic rings. The van der Waals surface area contributed by atoms with Gasteiger partial charge >= 0.3 is 0 Å². The number of likely N-dealkylation sites (tertiary alicyclic amines) is 1. The Hall–Kier alpha value is -1.76. The standard InChI is InChI=1S/C32H41BrN4O/c33-26-5-4-6-27-29(26)30(38)35-31-32(14-2-1-3-15-32)25-8-7-24(21-28(25)37(27)31)23-12-19-36(20-13-23)18-11-22-9-16-34-17-10-22/h4-8,21-23,27,29,34H,1-3,9-20H2. The van der Waals surface area contributed by atoms with Crippen LogP contribution < -0.4 is 10.2 Å². The number of fused-ring (bicyclic) bond motifs is 7. The van der Waals surface area contributed by atoms with Crippen LogP contribution in [0.25, 0.3) is 0 Å². The average molecular weight is 578 g/mol. The van der Waals surface area contributed by atoms with Gasteiger partial charge in [0.05, 0.1) is 17.4 Å². The SMILES string of the molecule is O=C1N=C2N(c3cc(C4CCN(CCC5CCNCC5)CC4)ccc3C23CCCCC3)C2C=CC=C(Br)C12. The molecule has 0 radical (unpaired) electrons. The van der Waals surface area contributed by atoms with Crippen LogP contribution in [-0.4, -0.2) is 55.4 Å². The van der Waals surface area contributed by atoms with E-state index < -0.39 is 0 Å². The van der Waals surface area contributed by atoms with E-state index in [2.05, 4.69) is 61.4 Å². The van der Waals surface area contributed by atoms with Gasteiger partial charge in [-0.3, -0.25) is 4.79 Å². The summed E-state index contributed by atoms with van der Waals surface area (Å²) in [6.45, 7) is 6.10. The number of hydrogen-bond donors (Lipinski definition) is 1. The zero-order chi connectivity index (χ0) is 25.7. The molecule has 2 saturated heterocycles. The molecule has 4 heterocycles. The normalized spacial score (nSPS) is 29.6. The molecule has 1 aromatic carbocycles. The number of nitrogens with zero attached hydrogens (tertiary/aromatic N) is 3. The minimum Gasteiger partial charge on any atom is -0.321 e. The van der Waals surface area contributed by atoms with Gasteiger partial charge < -0.3 is 15.1 Å². The van der Waals surface area contributed by atoms with E-state index in [1.54, 1.807) is 0 Å². The summed E-state index contributed by atoms with van der Waals surface area (Å²) in [5, 5.41) is 3.50. The molecule has 2 aliphatic carbocycles. The Labute approximate surface area is 235 Å². The van der Waals surface area contributed by atoms with E-state index >= 15 is 0 Å². The van der Waals surface area contributed by atoms with Crippen molar-refractivity contribution >= 4 is 33.4 Å². The lowest BCUT2D eigenvalue weighted by molar-refractivity contribution is -0.120. The summed E-state index contributed by atoms with van der Waals surface area (Å²) in [4.78, 5) is 23.4. The lowest BCUT2D eigenvalue weighted by atomic mass is 9.69. The number of carbonyl (C=O) groups excluding carboxylic acids is 1. The highest BCUT2D eigenvalue weighted by Crippen LogP contribution is 2.55. The third kappa shape index (κ3) is 4.26. The molecular weight excluding hydrogens is 536 g/mol. The highest BCUT2D eigenvalue weighted by atomic mass is 79.9. The molecule has 1 saturated carbocycles. The molecule has 202 valence electrons. The first-order chi connectivity index (χ1) is 18.6. The van der Waals surface area contributed by atoms with Gasteiger partial charge in [-0.15, -0.1) is 0 Å². The van der Waals surface area contributed by atoms with Crippen molar-refractivity contribution in [3.63, 3.8) is 0 Å². The van der Waals surface area contributed by atoms with Crippen molar-refractivity contribution in [1.82, 2.24) is 10.2 Å². The zero-order valence-corrected chi connectivity index (χ0v) is 24.1. The third-order valence-corrected chi connectivity index (χ3v) is 11.3. The van der Waals surface area contributed by atoms with Crippen molar-refractivity contribution in [3.05, 3.63) is 52.0 Å². The summed E-state index contributed by atoms with van der Waals surface area (Å²) in [5.74, 6) is 2.35. The zero-order valence-electron chi connectivity index (χ0n) is 22.5. The number of anilines is 1. The van der Waals surface area contributed by atoms with Gasteiger partial charge in [-0.25, -0.2) is 0 Å². The number of nitrogens with one attached hydrogen (secondary N) is 1. The van der Waals surface area contributed by atoms with Crippen LogP contribution in [0, 0.1) is 11.8 Å². The molecule has 1 spiro atoms. The van der Waals surface area contributed by atoms with Crippen LogP contribution in [0.5, 0.6) is 0 Å². The fraction of sp³-hybridized carbons (Fsp3) is 0.625. The van der Waals surface area contributed by atoms with Gasteiger partial charge in [-0.2, -0.15) is 4.99 Å². The van der Waals surface area contributed by atoms with Crippen molar-refractivity contribution in [2.75, 3.05) is 37.6 Å². The number of halogens is 1. The molecule has 2 atom stereocenters. The maximum Gasteiger partial charge on any atom is 0.257 e. The van der Waals surface area contributed by atoms with Gasteiger partial charge in [0.25, 0.3) is 5.91 Å². The minimum atomic E-state index is -0.234. The number of amidine groups is 1. The molecule has 3 fully saturated rings. The lowest BCUT2D eigenvalue weighted by Gasteiger charge is -2.42. The van der Waals surface area contributed by atoms with Gasteiger partial charge in [0.1, 0.15) is 5.84 Å². The molecule has 0 bridgehead atoms. The average Bonchev–Trinajstić information content (AvgIpc) is 3.21. The van der Waals surface area contributed by atoms with E-state index in [0.717, 1.165) is 29.1 Å². The topological polar surface area (TPSA) is 47.9 Å². The summed E-state index contributed by atoms with van der Waals surface area (Å²) in [6, 6.07) is 7.37. The number of carbonyl (C=O) groups is 1. The van der Waals surface area contributed by atoms with Crippen LogP contribution in [0.3, 0.4) is 0 Å². The first-order valence-corrected chi connectivity index (χ1v) is 16.0. The predicted molar refractivity (Wildman–Crippen MR) is 158 cm³/mol. The van der Waals surface area contributed by atoms with Crippen LogP contribution in [0.1, 0.15) is 81.3 Å².